The Labute approximate surface area is 150 Å². The van der Waals surface area contributed by atoms with Gasteiger partial charge in [-0.05, 0) is 6.07 Å². The molecule has 1 aliphatic rings. The topological polar surface area (TPSA) is 206 Å². The van der Waals surface area contributed by atoms with Gasteiger partial charge in [0.1, 0.15) is 23.0 Å². The first kappa shape index (κ1) is 20.1. The van der Waals surface area contributed by atoms with Crippen molar-refractivity contribution in [1.82, 2.24) is 9.13 Å². The fourth-order valence-electron chi connectivity index (χ4n) is 2.56. The zero-order valence-electron chi connectivity index (χ0n) is 13.5. The van der Waals surface area contributed by atoms with Crippen LogP contribution in [-0.2, 0) is 11.8 Å². The van der Waals surface area contributed by atoms with E-state index in [0.29, 0.717) is 0 Å². The molecule has 2 amide bonds. The molecule has 13 heteroatoms. The number of carboxylic acids is 1. The van der Waals surface area contributed by atoms with Gasteiger partial charge >= 0.3 is 17.7 Å². The molecule has 0 spiro atoms. The number of carbonyl (C=O) groups is 2. The maximum Gasteiger partial charge on any atom is 0.340 e. The quantitative estimate of drug-likeness (QED) is 0.299. The lowest BCUT2D eigenvalue weighted by Gasteiger charge is -2.23. The van der Waals surface area contributed by atoms with Gasteiger partial charge in [0, 0.05) is 13.2 Å². The van der Waals surface area contributed by atoms with E-state index in [1.165, 1.54) is 19.3 Å². The van der Waals surface area contributed by atoms with Gasteiger partial charge in [-0.2, -0.15) is 4.99 Å². The van der Waals surface area contributed by atoms with E-state index < -0.39 is 52.7 Å². The Balaban J connectivity index is 2.39. The number of carbonyl (C=O) groups excluding carboxylic acids is 1. The SMILES string of the molecule is Cn1c(=O)n([C@@H]2S[C@H]([C@H](O)[C@@H](N)C(=O)O)[C@@H](O)[C@H]2O)cc/c1=N/C(N)=O. The van der Waals surface area contributed by atoms with Gasteiger partial charge in [0.2, 0.25) is 0 Å². The minimum absolute atomic E-state index is 0.0127. The molecule has 1 aromatic rings. The molecule has 1 fully saturated rings. The van der Waals surface area contributed by atoms with Crippen molar-refractivity contribution in [2.24, 2.45) is 23.5 Å². The van der Waals surface area contributed by atoms with Gasteiger partial charge < -0.3 is 31.9 Å². The van der Waals surface area contributed by atoms with Crippen LogP contribution in [0.4, 0.5) is 4.79 Å². The van der Waals surface area contributed by atoms with Crippen molar-refractivity contribution >= 4 is 23.8 Å². The number of aliphatic hydroxyl groups excluding tert-OH is 3. The maximum atomic E-state index is 12.5. The van der Waals surface area contributed by atoms with E-state index in [-0.39, 0.29) is 5.49 Å². The minimum Gasteiger partial charge on any atom is -0.480 e. The van der Waals surface area contributed by atoms with Crippen LogP contribution in [-0.4, -0.2) is 71.2 Å². The molecule has 144 valence electrons. The van der Waals surface area contributed by atoms with Gasteiger partial charge in [-0.15, -0.1) is 11.8 Å². The van der Waals surface area contributed by atoms with Crippen molar-refractivity contribution < 1.29 is 30.0 Å². The summed E-state index contributed by atoms with van der Waals surface area (Å²) in [5.41, 5.74) is 9.64. The number of hydrogen-bond acceptors (Lipinski definition) is 8. The first-order chi connectivity index (χ1) is 12.1. The third-order valence-corrected chi connectivity index (χ3v) is 5.66. The Morgan fingerprint density at radius 3 is 2.50 bits per heavy atom. The summed E-state index contributed by atoms with van der Waals surface area (Å²) < 4.78 is 2.08. The van der Waals surface area contributed by atoms with Crippen LogP contribution in [0.1, 0.15) is 5.37 Å². The van der Waals surface area contributed by atoms with E-state index in [4.69, 9.17) is 16.6 Å². The number of primary amides is 1. The van der Waals surface area contributed by atoms with Crippen molar-refractivity contribution in [2.75, 3.05) is 0 Å². The molecule has 0 aromatic carbocycles. The number of aliphatic hydroxyl groups is 3. The summed E-state index contributed by atoms with van der Waals surface area (Å²) in [6.45, 7) is 0. The number of hydrogen-bond donors (Lipinski definition) is 6. The van der Waals surface area contributed by atoms with Crippen molar-refractivity contribution in [2.45, 2.75) is 35.0 Å². The second-order valence-electron chi connectivity index (χ2n) is 5.70. The average Bonchev–Trinajstić information content (AvgIpc) is 2.86. The molecule has 0 bridgehead atoms. The normalized spacial score (nSPS) is 28.7. The predicted molar refractivity (Wildman–Crippen MR) is 88.9 cm³/mol. The monoisotopic (exact) mass is 389 g/mol. The summed E-state index contributed by atoms with van der Waals surface area (Å²) in [6.07, 6.45) is -3.40. The molecule has 1 aromatic heterocycles. The van der Waals surface area contributed by atoms with Crippen LogP contribution in [0, 0.1) is 0 Å². The standard InChI is InChI=1S/C13H19N5O7S/c1-17-4(16-12(15)24)2-3-18(13(17)25)10-8(21)7(20)9(26-10)6(19)5(14)11(22)23/h2-3,5-10,19-21H,14H2,1H3,(H2,15,24)(H,22,23)/b16-4-/t5-,6-,7+,8-,9-,10-/m1/s1. The van der Waals surface area contributed by atoms with Gasteiger partial charge in [-0.25, -0.2) is 9.59 Å². The number of urea groups is 1. The third-order valence-electron chi connectivity index (χ3n) is 4.00. The molecule has 2 heterocycles. The van der Waals surface area contributed by atoms with Gasteiger partial charge in [-0.1, -0.05) is 0 Å². The number of aromatic nitrogens is 2. The molecule has 0 aliphatic carbocycles. The molecule has 6 atom stereocenters. The zero-order chi connectivity index (χ0) is 19.8. The summed E-state index contributed by atoms with van der Waals surface area (Å²) >= 11 is 0.810. The number of amides is 2. The molecule has 1 aliphatic heterocycles. The molecule has 0 saturated carbocycles. The van der Waals surface area contributed by atoms with Crippen LogP contribution in [0.5, 0.6) is 0 Å². The van der Waals surface area contributed by atoms with Crippen molar-refractivity contribution in [1.29, 1.82) is 0 Å². The number of carboxylic acid groups (broad SMARTS) is 1. The second kappa shape index (κ2) is 7.59. The smallest absolute Gasteiger partial charge is 0.340 e. The van der Waals surface area contributed by atoms with E-state index in [9.17, 15) is 29.7 Å². The highest BCUT2D eigenvalue weighted by molar-refractivity contribution is 8.00. The molecule has 12 nitrogen and oxygen atoms in total. The summed E-state index contributed by atoms with van der Waals surface area (Å²) in [5.74, 6) is -1.47. The van der Waals surface area contributed by atoms with Crippen LogP contribution < -0.4 is 22.6 Å². The number of aliphatic carboxylic acids is 1. The largest absolute Gasteiger partial charge is 0.480 e. The van der Waals surface area contributed by atoms with Crippen molar-refractivity contribution in [3.63, 3.8) is 0 Å². The van der Waals surface area contributed by atoms with E-state index in [2.05, 4.69) is 4.99 Å². The lowest BCUT2D eigenvalue weighted by Crippen LogP contribution is -2.50. The van der Waals surface area contributed by atoms with Crippen LogP contribution in [0.25, 0.3) is 0 Å². The highest BCUT2D eigenvalue weighted by atomic mass is 32.2. The lowest BCUT2D eigenvalue weighted by atomic mass is 10.0. The van der Waals surface area contributed by atoms with Crippen molar-refractivity contribution in [3.8, 4) is 0 Å². The molecule has 8 N–H and O–H groups in total. The van der Waals surface area contributed by atoms with Crippen LogP contribution >= 0.6 is 11.8 Å². The zero-order valence-corrected chi connectivity index (χ0v) is 14.4. The minimum atomic E-state index is -1.67. The first-order valence-electron chi connectivity index (χ1n) is 7.36. The van der Waals surface area contributed by atoms with Crippen LogP contribution in [0.15, 0.2) is 22.1 Å². The Bertz CT molecular complexity index is 837. The van der Waals surface area contributed by atoms with E-state index in [1.54, 1.807) is 0 Å². The summed E-state index contributed by atoms with van der Waals surface area (Å²) in [4.78, 5) is 37.7. The van der Waals surface area contributed by atoms with E-state index in [0.717, 1.165) is 20.9 Å². The number of thioether (sulfide) groups is 1. The van der Waals surface area contributed by atoms with Crippen LogP contribution in [0.3, 0.4) is 0 Å². The third kappa shape index (κ3) is 3.66. The fraction of sp³-hybridized carbons (Fsp3) is 0.538. The molecule has 0 unspecified atom stereocenters. The average molecular weight is 389 g/mol. The molecule has 0 radical (unpaired) electrons. The predicted octanol–water partition coefficient (Wildman–Crippen LogP) is -3.73. The number of nitrogens with zero attached hydrogens (tertiary/aromatic N) is 3. The summed E-state index contributed by atoms with van der Waals surface area (Å²) in [5, 5.41) is 37.2. The van der Waals surface area contributed by atoms with E-state index in [1.807, 2.05) is 0 Å². The Hall–Kier alpha value is -2.19. The Kier molecular flexibility index (Phi) is 5.87. The summed E-state index contributed by atoms with van der Waals surface area (Å²) in [6, 6.07) is -1.36. The Morgan fingerprint density at radius 1 is 1.35 bits per heavy atom. The van der Waals surface area contributed by atoms with Crippen molar-refractivity contribution in [3.05, 3.63) is 28.2 Å². The molecular formula is C13H19N5O7S. The first-order valence-corrected chi connectivity index (χ1v) is 8.31. The highest BCUT2D eigenvalue weighted by Gasteiger charge is 2.49. The fourth-order valence-corrected chi connectivity index (χ4v) is 4.15. The van der Waals surface area contributed by atoms with Gasteiger partial charge in [0.25, 0.3) is 0 Å². The molecular weight excluding hydrogens is 370 g/mol. The number of nitrogens with two attached hydrogens (primary N) is 2. The molecule has 2 rings (SSSR count). The Morgan fingerprint density at radius 2 is 1.96 bits per heavy atom. The lowest BCUT2D eigenvalue weighted by molar-refractivity contribution is -0.141. The maximum absolute atomic E-state index is 12.5. The number of rotatable bonds is 4. The van der Waals surface area contributed by atoms with Gasteiger partial charge in [0.15, 0.2) is 0 Å². The van der Waals surface area contributed by atoms with E-state index >= 15 is 0 Å². The van der Waals surface area contributed by atoms with Crippen LogP contribution in [0.2, 0.25) is 0 Å². The van der Waals surface area contributed by atoms with Gasteiger partial charge in [-0.3, -0.25) is 13.9 Å². The second-order valence-corrected chi connectivity index (χ2v) is 7.00. The molecule has 1 saturated heterocycles. The highest BCUT2D eigenvalue weighted by Crippen LogP contribution is 2.43. The molecule has 26 heavy (non-hydrogen) atoms. The van der Waals surface area contributed by atoms with Gasteiger partial charge in [0.05, 0.1) is 17.5 Å². The summed E-state index contributed by atoms with van der Waals surface area (Å²) in [7, 11) is 1.33.